The number of hydrogen-bond acceptors (Lipinski definition) is 7. The molecule has 1 saturated heterocycles. The third-order valence-corrected chi connectivity index (χ3v) is 7.35. The molecule has 2 aromatic heterocycles. The summed E-state index contributed by atoms with van der Waals surface area (Å²) in [7, 11) is 2.02. The average Bonchev–Trinajstić information content (AvgIpc) is 3.53. The van der Waals surface area contributed by atoms with Gasteiger partial charge >= 0.3 is 5.92 Å². The number of nitrogens with one attached hydrogen (secondary N) is 2. The highest BCUT2D eigenvalue weighted by atomic mass is 32.1. The Morgan fingerprint density at radius 3 is 2.66 bits per heavy atom. The highest BCUT2D eigenvalue weighted by molar-refractivity contribution is 7.17. The molecular weight excluding hydrogens is 474 g/mol. The van der Waals surface area contributed by atoms with E-state index in [-0.39, 0.29) is 17.0 Å². The van der Waals surface area contributed by atoms with Crippen molar-refractivity contribution in [2.24, 2.45) is 0 Å². The van der Waals surface area contributed by atoms with Crippen LogP contribution in [0.15, 0.2) is 42.5 Å². The third-order valence-electron chi connectivity index (χ3n) is 6.26. The molecule has 8 nitrogen and oxygen atoms in total. The van der Waals surface area contributed by atoms with E-state index < -0.39 is 11.8 Å². The van der Waals surface area contributed by atoms with Crippen LogP contribution >= 0.6 is 11.3 Å². The van der Waals surface area contributed by atoms with Crippen molar-refractivity contribution in [2.75, 3.05) is 39.8 Å². The zero-order valence-electron chi connectivity index (χ0n) is 19.1. The van der Waals surface area contributed by atoms with Gasteiger partial charge in [-0.15, -0.1) is 11.3 Å². The standard InChI is InChI=1S/C24H24F2N6O2S/c1-30-9-11-31(12-10-30)22(33)20-6-5-19(35-20)17-3-7-21(27)32(29-17)23(28)24(25,26)16-2-4-18-15(14-16)8-13-34-18/h2-7,14,27-28H,8-13H2,1H3. The Labute approximate surface area is 204 Å². The van der Waals surface area contributed by atoms with Gasteiger partial charge < -0.3 is 14.5 Å². The van der Waals surface area contributed by atoms with E-state index in [1.165, 1.54) is 41.7 Å². The number of alkyl halides is 2. The van der Waals surface area contributed by atoms with Gasteiger partial charge in [-0.05, 0) is 55.1 Å². The molecule has 0 unspecified atom stereocenters. The van der Waals surface area contributed by atoms with E-state index in [0.29, 0.717) is 57.6 Å². The van der Waals surface area contributed by atoms with Gasteiger partial charge in [0.2, 0.25) is 0 Å². The van der Waals surface area contributed by atoms with Gasteiger partial charge in [0, 0.05) is 38.2 Å². The Kier molecular flexibility index (Phi) is 5.97. The molecule has 35 heavy (non-hydrogen) atoms. The minimum atomic E-state index is -3.66. The summed E-state index contributed by atoms with van der Waals surface area (Å²) in [6, 6.07) is 10.3. The number of carbonyl (C=O) groups is 1. The summed E-state index contributed by atoms with van der Waals surface area (Å²) in [6.07, 6.45) is 0.532. The Balaban J connectivity index is 1.41. The number of hydrogen-bond donors (Lipinski definition) is 2. The van der Waals surface area contributed by atoms with Crippen LogP contribution in [0.2, 0.25) is 0 Å². The number of likely N-dealkylation sites (N-methyl/N-ethyl adjacent to an activating group) is 1. The number of rotatable bonds is 4. The Morgan fingerprint density at radius 1 is 1.11 bits per heavy atom. The fourth-order valence-electron chi connectivity index (χ4n) is 4.13. The van der Waals surface area contributed by atoms with Gasteiger partial charge in [-0.1, -0.05) is 0 Å². The highest BCUT2D eigenvalue weighted by Gasteiger charge is 2.40. The van der Waals surface area contributed by atoms with Crippen molar-refractivity contribution in [3.05, 3.63) is 64.0 Å². The molecule has 0 saturated carbocycles. The summed E-state index contributed by atoms with van der Waals surface area (Å²) >= 11 is 1.22. The number of carbonyl (C=O) groups excluding carboxylic acids is 1. The van der Waals surface area contributed by atoms with Crippen molar-refractivity contribution >= 4 is 23.1 Å². The summed E-state index contributed by atoms with van der Waals surface area (Å²) in [4.78, 5) is 18.0. The fourth-order valence-corrected chi connectivity index (χ4v) is 5.07. The molecule has 1 aromatic carbocycles. The molecule has 4 heterocycles. The first-order chi connectivity index (χ1) is 16.7. The van der Waals surface area contributed by atoms with Gasteiger partial charge in [0.15, 0.2) is 5.84 Å². The normalized spacial score (nSPS) is 16.1. The van der Waals surface area contributed by atoms with Crippen LogP contribution in [-0.2, 0) is 12.3 Å². The molecule has 2 N–H and O–H groups in total. The maximum Gasteiger partial charge on any atom is 0.331 e. The summed E-state index contributed by atoms with van der Waals surface area (Å²) in [6.45, 7) is 3.36. The van der Waals surface area contributed by atoms with Gasteiger partial charge in [-0.2, -0.15) is 18.6 Å². The molecule has 0 aliphatic carbocycles. The van der Waals surface area contributed by atoms with Crippen molar-refractivity contribution in [2.45, 2.75) is 12.3 Å². The monoisotopic (exact) mass is 498 g/mol. The lowest BCUT2D eigenvalue weighted by atomic mass is 10.0. The summed E-state index contributed by atoms with van der Waals surface area (Å²) < 4.78 is 36.6. The van der Waals surface area contributed by atoms with Crippen molar-refractivity contribution in [1.82, 2.24) is 19.6 Å². The third kappa shape index (κ3) is 4.37. The van der Waals surface area contributed by atoms with Crippen LogP contribution in [0.4, 0.5) is 8.78 Å². The maximum atomic E-state index is 15.3. The van der Waals surface area contributed by atoms with E-state index in [0.717, 1.165) is 13.1 Å². The highest BCUT2D eigenvalue weighted by Crippen LogP contribution is 2.35. The first-order valence-corrected chi connectivity index (χ1v) is 12.0. The zero-order valence-corrected chi connectivity index (χ0v) is 19.9. The molecule has 0 bridgehead atoms. The SMILES string of the molecule is CN1CCN(C(=O)c2ccc(-c3ccc(=N)n(C(=N)C(F)(F)c4ccc5c(c4)CCO5)n3)s2)CC1. The molecule has 0 radical (unpaired) electrons. The van der Waals surface area contributed by atoms with E-state index in [1.807, 2.05) is 7.05 Å². The Morgan fingerprint density at radius 2 is 1.89 bits per heavy atom. The van der Waals surface area contributed by atoms with E-state index >= 15 is 8.78 Å². The number of nitrogens with zero attached hydrogens (tertiary/aromatic N) is 4. The fraction of sp³-hybridized carbons (Fsp3) is 0.333. The molecule has 0 spiro atoms. The maximum absolute atomic E-state index is 15.3. The number of piperazine rings is 1. The minimum Gasteiger partial charge on any atom is -0.493 e. The van der Waals surface area contributed by atoms with Crippen molar-refractivity contribution in [3.63, 3.8) is 0 Å². The molecule has 0 atom stereocenters. The molecule has 2 aliphatic heterocycles. The second kappa shape index (κ2) is 8.97. The van der Waals surface area contributed by atoms with Crippen LogP contribution in [0.3, 0.4) is 0 Å². The zero-order chi connectivity index (χ0) is 24.7. The van der Waals surface area contributed by atoms with Crippen LogP contribution in [0.5, 0.6) is 5.75 Å². The largest absolute Gasteiger partial charge is 0.493 e. The van der Waals surface area contributed by atoms with Crippen LogP contribution in [0, 0.1) is 10.8 Å². The van der Waals surface area contributed by atoms with E-state index in [1.54, 1.807) is 17.0 Å². The lowest BCUT2D eigenvalue weighted by Crippen LogP contribution is -2.46. The Hall–Kier alpha value is -3.44. The summed E-state index contributed by atoms with van der Waals surface area (Å²) in [5, 5.41) is 20.5. The van der Waals surface area contributed by atoms with Crippen molar-refractivity contribution < 1.29 is 18.3 Å². The van der Waals surface area contributed by atoms with Gasteiger partial charge in [0.05, 0.1) is 16.4 Å². The van der Waals surface area contributed by atoms with E-state index in [9.17, 15) is 4.79 Å². The molecule has 2 aliphatic rings. The van der Waals surface area contributed by atoms with Crippen LogP contribution in [-0.4, -0.2) is 71.2 Å². The van der Waals surface area contributed by atoms with Crippen LogP contribution in [0.1, 0.15) is 20.8 Å². The van der Waals surface area contributed by atoms with Crippen molar-refractivity contribution in [3.8, 4) is 16.3 Å². The molecular formula is C24H24F2N6O2S. The number of benzene rings is 1. The van der Waals surface area contributed by atoms with E-state index in [2.05, 4.69) is 10.00 Å². The molecule has 1 amide bonds. The van der Waals surface area contributed by atoms with Crippen molar-refractivity contribution in [1.29, 1.82) is 10.8 Å². The second-order valence-corrected chi connectivity index (χ2v) is 9.70. The first-order valence-electron chi connectivity index (χ1n) is 11.2. The van der Waals surface area contributed by atoms with Gasteiger partial charge in [0.1, 0.15) is 16.9 Å². The minimum absolute atomic E-state index is 0.0702. The van der Waals surface area contributed by atoms with Gasteiger partial charge in [-0.3, -0.25) is 15.6 Å². The van der Waals surface area contributed by atoms with Gasteiger partial charge in [0.25, 0.3) is 5.91 Å². The first kappa shape index (κ1) is 23.3. The number of aromatic nitrogens is 2. The van der Waals surface area contributed by atoms with Gasteiger partial charge in [-0.25, -0.2) is 0 Å². The lowest BCUT2D eigenvalue weighted by Gasteiger charge is -2.32. The smallest absolute Gasteiger partial charge is 0.331 e. The molecule has 3 aromatic rings. The molecule has 1 fully saturated rings. The average molecular weight is 499 g/mol. The number of ether oxygens (including phenoxy) is 1. The second-order valence-electron chi connectivity index (χ2n) is 8.62. The van der Waals surface area contributed by atoms with Crippen LogP contribution in [0.25, 0.3) is 10.6 Å². The molecule has 182 valence electrons. The topological polar surface area (TPSA) is 98.3 Å². The number of fused-ring (bicyclic) bond motifs is 1. The predicted octanol–water partition coefficient (Wildman–Crippen LogP) is 3.03. The van der Waals surface area contributed by atoms with Crippen LogP contribution < -0.4 is 10.2 Å². The Bertz CT molecular complexity index is 1360. The molecule has 11 heteroatoms. The van der Waals surface area contributed by atoms with E-state index in [4.69, 9.17) is 15.6 Å². The lowest BCUT2D eigenvalue weighted by molar-refractivity contribution is 0.0668. The summed E-state index contributed by atoms with van der Waals surface area (Å²) in [5.41, 5.74) is 0.297. The predicted molar refractivity (Wildman–Crippen MR) is 127 cm³/mol. The number of halogens is 2. The number of thiophene rings is 1. The number of amides is 1. The molecule has 5 rings (SSSR count). The quantitative estimate of drug-likeness (QED) is 0.427. The summed E-state index contributed by atoms with van der Waals surface area (Å²) in [5.74, 6) is -4.28.